The minimum atomic E-state index is -0.258. The Kier molecular flexibility index (Phi) is 5.00. The van der Waals surface area contributed by atoms with Gasteiger partial charge < -0.3 is 5.11 Å². The minimum absolute atomic E-state index is 0.258. The van der Waals surface area contributed by atoms with Crippen LogP contribution < -0.4 is 0 Å². The van der Waals surface area contributed by atoms with E-state index < -0.39 is 0 Å². The fraction of sp³-hybridized carbons (Fsp3) is 0.438. The van der Waals surface area contributed by atoms with Gasteiger partial charge in [-0.2, -0.15) is 5.10 Å². The predicted molar refractivity (Wildman–Crippen MR) is 91.3 cm³/mol. The van der Waals surface area contributed by atoms with Crippen molar-refractivity contribution in [2.24, 2.45) is 0 Å². The molecule has 1 aliphatic rings. The molecular weight excluding hydrogens is 310 g/mol. The Hall–Kier alpha value is -1.83. The van der Waals surface area contributed by atoms with Crippen molar-refractivity contribution in [3.63, 3.8) is 0 Å². The summed E-state index contributed by atoms with van der Waals surface area (Å²) < 4.78 is 4.43. The molecule has 122 valence electrons. The van der Waals surface area contributed by atoms with E-state index in [1.165, 1.54) is 0 Å². The van der Waals surface area contributed by atoms with E-state index in [0.717, 1.165) is 30.8 Å². The number of nitrogens with zero attached hydrogens (tertiary/aromatic N) is 5. The van der Waals surface area contributed by atoms with Gasteiger partial charge in [0.2, 0.25) is 0 Å². The first-order chi connectivity index (χ1) is 11.2. The Labute approximate surface area is 140 Å². The van der Waals surface area contributed by atoms with Crippen LogP contribution in [0.4, 0.5) is 0 Å². The molecule has 2 aromatic heterocycles. The summed E-state index contributed by atoms with van der Waals surface area (Å²) in [6.07, 6.45) is 6.94. The summed E-state index contributed by atoms with van der Waals surface area (Å²) in [5.41, 5.74) is 0.929. The lowest BCUT2D eigenvalue weighted by molar-refractivity contribution is 0.0513. The summed E-state index contributed by atoms with van der Waals surface area (Å²) in [4.78, 5) is 6.34. The summed E-state index contributed by atoms with van der Waals surface area (Å²) in [6.45, 7) is 6.62. The number of pyridine rings is 1. The van der Waals surface area contributed by atoms with E-state index in [0.29, 0.717) is 24.5 Å². The summed E-state index contributed by atoms with van der Waals surface area (Å²) in [5, 5.41) is 14.5. The number of rotatable bonds is 5. The molecule has 7 heteroatoms. The maximum atomic E-state index is 9.82. The highest BCUT2D eigenvalue weighted by Gasteiger charge is 2.20. The smallest absolute Gasteiger partial charge is 0.199 e. The van der Waals surface area contributed by atoms with Crippen LogP contribution in [0.3, 0.4) is 0 Å². The van der Waals surface area contributed by atoms with E-state index in [1.54, 1.807) is 12.4 Å². The van der Waals surface area contributed by atoms with Crippen molar-refractivity contribution in [2.45, 2.75) is 32.2 Å². The van der Waals surface area contributed by atoms with Crippen LogP contribution in [0, 0.1) is 4.77 Å². The largest absolute Gasteiger partial charge is 0.392 e. The van der Waals surface area contributed by atoms with Gasteiger partial charge in [-0.3, -0.25) is 14.5 Å². The standard InChI is InChI=1S/C16H21N5OS/c1-2-8-20-15(13-5-3-7-17-10-13)18-21(16(20)23)12-19-9-4-6-14(22)11-19/h2-3,5,7,10,14,22H,1,4,6,8-9,11-12H2/t14-/m1/s1. The molecule has 0 saturated carbocycles. The normalized spacial score (nSPS) is 18.9. The van der Waals surface area contributed by atoms with Gasteiger partial charge in [0.05, 0.1) is 12.8 Å². The third kappa shape index (κ3) is 3.57. The highest BCUT2D eigenvalue weighted by Crippen LogP contribution is 2.18. The second kappa shape index (κ2) is 7.16. The van der Waals surface area contributed by atoms with Crippen LogP contribution in [0.1, 0.15) is 12.8 Å². The quantitative estimate of drug-likeness (QED) is 0.671. The van der Waals surface area contributed by atoms with Gasteiger partial charge in [-0.25, -0.2) is 4.68 Å². The first-order valence-corrected chi connectivity index (χ1v) is 8.19. The zero-order chi connectivity index (χ0) is 16.2. The molecule has 0 bridgehead atoms. The van der Waals surface area contributed by atoms with Crippen LogP contribution in [-0.2, 0) is 13.2 Å². The predicted octanol–water partition coefficient (Wildman–Crippen LogP) is 2.08. The van der Waals surface area contributed by atoms with Gasteiger partial charge in [0.1, 0.15) is 0 Å². The molecule has 0 spiro atoms. The van der Waals surface area contributed by atoms with Gasteiger partial charge in [0, 0.05) is 37.6 Å². The van der Waals surface area contributed by atoms with Crippen LogP contribution in [-0.4, -0.2) is 48.5 Å². The molecule has 23 heavy (non-hydrogen) atoms. The van der Waals surface area contributed by atoms with Crippen LogP contribution in [0.5, 0.6) is 0 Å². The van der Waals surface area contributed by atoms with Crippen LogP contribution in [0.2, 0.25) is 0 Å². The molecule has 1 N–H and O–H groups in total. The molecule has 3 heterocycles. The van der Waals surface area contributed by atoms with Crippen molar-refractivity contribution in [3.05, 3.63) is 42.0 Å². The van der Waals surface area contributed by atoms with Crippen molar-refractivity contribution in [2.75, 3.05) is 13.1 Å². The van der Waals surface area contributed by atoms with Gasteiger partial charge in [-0.05, 0) is 37.2 Å². The van der Waals surface area contributed by atoms with Crippen molar-refractivity contribution in [3.8, 4) is 11.4 Å². The Balaban J connectivity index is 1.92. The van der Waals surface area contributed by atoms with E-state index in [9.17, 15) is 5.11 Å². The van der Waals surface area contributed by atoms with Gasteiger partial charge in [-0.1, -0.05) is 6.08 Å². The molecule has 1 atom stereocenters. The van der Waals surface area contributed by atoms with E-state index in [-0.39, 0.29) is 6.10 Å². The summed E-state index contributed by atoms with van der Waals surface area (Å²) in [5.74, 6) is 0.792. The van der Waals surface area contributed by atoms with Gasteiger partial charge in [0.25, 0.3) is 0 Å². The van der Waals surface area contributed by atoms with E-state index in [2.05, 4.69) is 21.6 Å². The third-order valence-corrected chi connectivity index (χ3v) is 4.40. The molecule has 2 aromatic rings. The molecule has 1 aliphatic heterocycles. The number of hydrogen-bond donors (Lipinski definition) is 1. The molecule has 3 rings (SSSR count). The third-order valence-electron chi connectivity index (χ3n) is 3.97. The Morgan fingerprint density at radius 3 is 3.04 bits per heavy atom. The fourth-order valence-electron chi connectivity index (χ4n) is 2.88. The Morgan fingerprint density at radius 2 is 2.35 bits per heavy atom. The van der Waals surface area contributed by atoms with Crippen molar-refractivity contribution < 1.29 is 5.11 Å². The number of aliphatic hydroxyl groups excluding tert-OH is 1. The molecule has 0 radical (unpaired) electrons. The highest BCUT2D eigenvalue weighted by molar-refractivity contribution is 7.71. The van der Waals surface area contributed by atoms with E-state index in [1.807, 2.05) is 27.5 Å². The van der Waals surface area contributed by atoms with Crippen LogP contribution >= 0.6 is 12.2 Å². The summed E-state index contributed by atoms with van der Waals surface area (Å²) >= 11 is 5.58. The van der Waals surface area contributed by atoms with E-state index >= 15 is 0 Å². The van der Waals surface area contributed by atoms with Gasteiger partial charge in [-0.15, -0.1) is 6.58 Å². The van der Waals surface area contributed by atoms with E-state index in [4.69, 9.17) is 12.2 Å². The number of aromatic nitrogens is 4. The van der Waals surface area contributed by atoms with Crippen molar-refractivity contribution in [1.29, 1.82) is 0 Å². The average molecular weight is 331 g/mol. The molecule has 0 aliphatic carbocycles. The molecular formula is C16H21N5OS. The number of likely N-dealkylation sites (tertiary alicyclic amines) is 1. The Bertz CT molecular complexity index is 724. The molecule has 6 nitrogen and oxygen atoms in total. The lowest BCUT2D eigenvalue weighted by atomic mass is 10.1. The average Bonchev–Trinajstić information content (AvgIpc) is 2.86. The summed E-state index contributed by atoms with van der Waals surface area (Å²) in [7, 11) is 0. The zero-order valence-electron chi connectivity index (χ0n) is 13.0. The van der Waals surface area contributed by atoms with Crippen molar-refractivity contribution >= 4 is 12.2 Å². The lowest BCUT2D eigenvalue weighted by Gasteiger charge is -2.29. The maximum Gasteiger partial charge on any atom is 0.199 e. The summed E-state index contributed by atoms with van der Waals surface area (Å²) in [6, 6.07) is 3.86. The number of allylic oxidation sites excluding steroid dienone is 1. The number of hydrogen-bond acceptors (Lipinski definition) is 5. The number of β-amino-alcohol motifs (C(OH)–C–C–N with tert-alkyl or cyclic N) is 1. The zero-order valence-corrected chi connectivity index (χ0v) is 13.8. The molecule has 0 amide bonds. The fourth-order valence-corrected chi connectivity index (χ4v) is 3.14. The maximum absolute atomic E-state index is 9.82. The van der Waals surface area contributed by atoms with Gasteiger partial charge >= 0.3 is 0 Å². The van der Waals surface area contributed by atoms with Crippen LogP contribution in [0.15, 0.2) is 37.2 Å². The second-order valence-electron chi connectivity index (χ2n) is 5.76. The van der Waals surface area contributed by atoms with Crippen LogP contribution in [0.25, 0.3) is 11.4 Å². The second-order valence-corrected chi connectivity index (χ2v) is 6.13. The van der Waals surface area contributed by atoms with Gasteiger partial charge in [0.15, 0.2) is 10.6 Å². The minimum Gasteiger partial charge on any atom is -0.392 e. The first-order valence-electron chi connectivity index (χ1n) is 7.78. The first kappa shape index (κ1) is 16.0. The Morgan fingerprint density at radius 1 is 1.48 bits per heavy atom. The number of aliphatic hydroxyl groups is 1. The molecule has 1 fully saturated rings. The lowest BCUT2D eigenvalue weighted by Crippen LogP contribution is -2.39. The molecule has 0 aromatic carbocycles. The topological polar surface area (TPSA) is 59.1 Å². The molecule has 1 saturated heterocycles. The highest BCUT2D eigenvalue weighted by atomic mass is 32.1. The molecule has 0 unspecified atom stereocenters. The SMILES string of the molecule is C=CCn1c(-c2cccnc2)nn(CN2CCC[C@@H](O)C2)c1=S. The monoisotopic (exact) mass is 331 g/mol. The number of piperidine rings is 1. The van der Waals surface area contributed by atoms with Crippen molar-refractivity contribution in [1.82, 2.24) is 24.2 Å².